The normalized spacial score (nSPS) is 10.7. The molecular weight excluding hydrogens is 316 g/mol. The Bertz CT molecular complexity index is 743. The van der Waals surface area contributed by atoms with Crippen LogP contribution >= 0.6 is 0 Å². The number of benzene rings is 2. The highest BCUT2D eigenvalue weighted by atomic mass is 16.6. The summed E-state index contributed by atoms with van der Waals surface area (Å²) in [7, 11) is 1.70. The number of carbonyl (C=O) groups excluding carboxylic acids is 2. The number of ether oxygens (including phenoxy) is 1. The van der Waals surface area contributed by atoms with Crippen LogP contribution in [0, 0.1) is 0 Å². The van der Waals surface area contributed by atoms with E-state index in [0.29, 0.717) is 18.7 Å². The molecule has 2 aromatic carbocycles. The van der Waals surface area contributed by atoms with Crippen LogP contribution in [0.25, 0.3) is 10.8 Å². The fourth-order valence-corrected chi connectivity index (χ4v) is 2.62. The van der Waals surface area contributed by atoms with E-state index in [9.17, 15) is 9.59 Å². The van der Waals surface area contributed by atoms with E-state index in [1.165, 1.54) is 4.90 Å². The first-order valence-electron chi connectivity index (χ1n) is 8.68. The van der Waals surface area contributed by atoms with Crippen molar-refractivity contribution < 1.29 is 14.3 Å². The predicted octanol–water partition coefficient (Wildman–Crippen LogP) is 4.13. The van der Waals surface area contributed by atoms with Gasteiger partial charge in [-0.15, -0.1) is 0 Å². The minimum Gasteiger partial charge on any atom is -0.449 e. The van der Waals surface area contributed by atoms with Crippen molar-refractivity contribution in [1.82, 2.24) is 0 Å². The Morgan fingerprint density at radius 3 is 2.40 bits per heavy atom. The lowest BCUT2D eigenvalue weighted by Crippen LogP contribution is -2.27. The molecule has 0 saturated carbocycles. The summed E-state index contributed by atoms with van der Waals surface area (Å²) in [6, 6.07) is 11.2. The molecule has 0 atom stereocenters. The molecule has 0 saturated heterocycles. The maximum absolute atomic E-state index is 12.2. The van der Waals surface area contributed by atoms with Gasteiger partial charge in [0.2, 0.25) is 0 Å². The van der Waals surface area contributed by atoms with Crippen molar-refractivity contribution in [2.45, 2.75) is 32.6 Å². The van der Waals surface area contributed by atoms with Crippen LogP contribution in [-0.4, -0.2) is 32.1 Å². The lowest BCUT2D eigenvalue weighted by atomic mass is 10.0. The molecular formula is C20H26N2O3. The molecule has 0 unspecified atom stereocenters. The molecule has 0 radical (unpaired) electrons. The molecule has 0 heterocycles. The van der Waals surface area contributed by atoms with Gasteiger partial charge >= 0.3 is 6.09 Å². The maximum atomic E-state index is 12.2. The Balaban J connectivity index is 1.96. The van der Waals surface area contributed by atoms with Crippen LogP contribution in [-0.2, 0) is 4.74 Å². The Kier molecular flexibility index (Phi) is 6.95. The molecule has 0 spiro atoms. The summed E-state index contributed by atoms with van der Waals surface area (Å²) in [6.07, 6.45) is 3.58. The van der Waals surface area contributed by atoms with Crippen molar-refractivity contribution >= 4 is 28.3 Å². The van der Waals surface area contributed by atoms with E-state index in [4.69, 9.17) is 10.5 Å². The SMILES string of the molecule is CC(=O)c1ccc2cc(N(C)C(=O)OCCCCCCN)ccc2c1. The van der Waals surface area contributed by atoms with Gasteiger partial charge in [-0.3, -0.25) is 9.69 Å². The molecule has 1 amide bonds. The molecule has 0 aliphatic carbocycles. The van der Waals surface area contributed by atoms with E-state index >= 15 is 0 Å². The molecule has 0 aromatic heterocycles. The first kappa shape index (κ1) is 18.9. The van der Waals surface area contributed by atoms with Crippen LogP contribution in [0.1, 0.15) is 43.0 Å². The number of fused-ring (bicyclic) bond motifs is 1. The second-order valence-electron chi connectivity index (χ2n) is 6.18. The molecule has 25 heavy (non-hydrogen) atoms. The fraction of sp³-hybridized carbons (Fsp3) is 0.400. The topological polar surface area (TPSA) is 72.6 Å². The number of amides is 1. The van der Waals surface area contributed by atoms with E-state index in [-0.39, 0.29) is 11.9 Å². The first-order chi connectivity index (χ1) is 12.0. The number of hydrogen-bond acceptors (Lipinski definition) is 4. The highest BCUT2D eigenvalue weighted by Gasteiger charge is 2.13. The van der Waals surface area contributed by atoms with Gasteiger partial charge in [-0.1, -0.05) is 31.0 Å². The number of nitrogens with two attached hydrogens (primary N) is 1. The van der Waals surface area contributed by atoms with Crippen LogP contribution in [0.5, 0.6) is 0 Å². The highest BCUT2D eigenvalue weighted by Crippen LogP contribution is 2.23. The Morgan fingerprint density at radius 1 is 1.00 bits per heavy atom. The third-order valence-corrected chi connectivity index (χ3v) is 4.22. The third-order valence-electron chi connectivity index (χ3n) is 4.22. The van der Waals surface area contributed by atoms with E-state index < -0.39 is 0 Å². The van der Waals surface area contributed by atoms with Gasteiger partial charge in [0.05, 0.1) is 6.61 Å². The largest absolute Gasteiger partial charge is 0.449 e. The molecule has 2 rings (SSSR count). The standard InChI is InChI=1S/C20H26N2O3/c1-15(23)16-7-8-18-14-19(10-9-17(18)13-16)22(2)20(24)25-12-6-4-3-5-11-21/h7-10,13-14H,3-6,11-12,21H2,1-2H3. The number of rotatable bonds is 8. The summed E-state index contributed by atoms with van der Waals surface area (Å²) in [5, 5.41) is 1.95. The number of anilines is 1. The average molecular weight is 342 g/mol. The summed E-state index contributed by atoms with van der Waals surface area (Å²) >= 11 is 0. The van der Waals surface area contributed by atoms with E-state index in [1.54, 1.807) is 20.0 Å². The molecule has 0 aliphatic heterocycles. The van der Waals surface area contributed by atoms with Crippen molar-refractivity contribution in [2.24, 2.45) is 5.73 Å². The zero-order valence-corrected chi connectivity index (χ0v) is 15.0. The van der Waals surface area contributed by atoms with Crippen molar-refractivity contribution in [1.29, 1.82) is 0 Å². The number of ketones is 1. The number of hydrogen-bond donors (Lipinski definition) is 1. The van der Waals surface area contributed by atoms with Crippen LogP contribution in [0.2, 0.25) is 0 Å². The Hall–Kier alpha value is -2.40. The summed E-state index contributed by atoms with van der Waals surface area (Å²) in [5.41, 5.74) is 6.89. The molecule has 0 fully saturated rings. The van der Waals surface area contributed by atoms with Gasteiger partial charge in [0, 0.05) is 18.3 Å². The zero-order chi connectivity index (χ0) is 18.2. The van der Waals surface area contributed by atoms with Crippen LogP contribution < -0.4 is 10.6 Å². The quantitative estimate of drug-likeness (QED) is 0.578. The second kappa shape index (κ2) is 9.18. The van der Waals surface area contributed by atoms with Gasteiger partial charge < -0.3 is 10.5 Å². The Morgan fingerprint density at radius 2 is 1.68 bits per heavy atom. The third kappa shape index (κ3) is 5.29. The molecule has 5 nitrogen and oxygen atoms in total. The first-order valence-corrected chi connectivity index (χ1v) is 8.68. The van der Waals surface area contributed by atoms with Crippen molar-refractivity contribution in [3.63, 3.8) is 0 Å². The van der Waals surface area contributed by atoms with Crippen molar-refractivity contribution in [3.05, 3.63) is 42.0 Å². The molecule has 5 heteroatoms. The monoisotopic (exact) mass is 342 g/mol. The fourth-order valence-electron chi connectivity index (χ4n) is 2.62. The highest BCUT2D eigenvalue weighted by molar-refractivity contribution is 5.99. The zero-order valence-electron chi connectivity index (χ0n) is 15.0. The second-order valence-corrected chi connectivity index (χ2v) is 6.18. The maximum Gasteiger partial charge on any atom is 0.414 e. The minimum absolute atomic E-state index is 0.0399. The number of unbranched alkanes of at least 4 members (excludes halogenated alkanes) is 3. The molecule has 134 valence electrons. The van der Waals surface area contributed by atoms with Gasteiger partial charge in [-0.05, 0) is 55.3 Å². The summed E-state index contributed by atoms with van der Waals surface area (Å²) in [5.74, 6) is 0.0399. The van der Waals surface area contributed by atoms with Gasteiger partial charge in [0.25, 0.3) is 0 Å². The molecule has 0 bridgehead atoms. The summed E-state index contributed by atoms with van der Waals surface area (Å²) in [6.45, 7) is 2.68. The molecule has 0 aliphatic rings. The molecule has 2 N–H and O–H groups in total. The van der Waals surface area contributed by atoms with E-state index in [1.807, 2.05) is 30.3 Å². The van der Waals surface area contributed by atoms with E-state index in [2.05, 4.69) is 0 Å². The van der Waals surface area contributed by atoms with Gasteiger partial charge in [-0.2, -0.15) is 0 Å². The molecule has 2 aromatic rings. The van der Waals surface area contributed by atoms with Crippen LogP contribution in [0.3, 0.4) is 0 Å². The van der Waals surface area contributed by atoms with E-state index in [0.717, 1.165) is 42.1 Å². The van der Waals surface area contributed by atoms with Crippen molar-refractivity contribution in [3.8, 4) is 0 Å². The summed E-state index contributed by atoms with van der Waals surface area (Å²) in [4.78, 5) is 25.1. The number of Topliss-reactive ketones (excluding diaryl/α,β-unsaturated/α-hetero) is 1. The van der Waals surface area contributed by atoms with Crippen molar-refractivity contribution in [2.75, 3.05) is 25.1 Å². The predicted molar refractivity (Wildman–Crippen MR) is 101 cm³/mol. The van der Waals surface area contributed by atoms with Gasteiger partial charge in [-0.25, -0.2) is 4.79 Å². The number of nitrogens with zero attached hydrogens (tertiary/aromatic N) is 1. The Labute approximate surface area is 148 Å². The van der Waals surface area contributed by atoms with Crippen LogP contribution in [0.15, 0.2) is 36.4 Å². The average Bonchev–Trinajstić information content (AvgIpc) is 2.62. The van der Waals surface area contributed by atoms with Crippen LogP contribution in [0.4, 0.5) is 10.5 Å². The summed E-state index contributed by atoms with van der Waals surface area (Å²) < 4.78 is 5.31. The van der Waals surface area contributed by atoms with Gasteiger partial charge in [0.1, 0.15) is 0 Å². The van der Waals surface area contributed by atoms with Gasteiger partial charge in [0.15, 0.2) is 5.78 Å². The number of carbonyl (C=O) groups is 2. The lowest BCUT2D eigenvalue weighted by molar-refractivity contribution is 0.101. The lowest BCUT2D eigenvalue weighted by Gasteiger charge is -2.18. The minimum atomic E-state index is -0.362. The smallest absolute Gasteiger partial charge is 0.414 e.